The van der Waals surface area contributed by atoms with Crippen LogP contribution in [0.15, 0.2) is 18.2 Å². The number of hydrogen-bond acceptors (Lipinski definition) is 2. The molecule has 3 heteroatoms. The van der Waals surface area contributed by atoms with Gasteiger partial charge in [-0.25, -0.2) is 4.39 Å². The molecule has 2 nitrogen and oxygen atoms in total. The van der Waals surface area contributed by atoms with Crippen molar-refractivity contribution in [3.8, 4) is 0 Å². The monoisotopic (exact) mass is 180 g/mol. The average molecular weight is 180 g/mol. The Bertz CT molecular complexity index is 308. The van der Waals surface area contributed by atoms with E-state index >= 15 is 0 Å². The molecule has 1 aliphatic rings. The minimum absolute atomic E-state index is 0.257. The lowest BCUT2D eigenvalue weighted by molar-refractivity contribution is 0.443. The first kappa shape index (κ1) is 8.35. The van der Waals surface area contributed by atoms with E-state index in [4.69, 9.17) is 5.73 Å². The molecule has 3 N–H and O–H groups in total. The first-order valence-corrected chi connectivity index (χ1v) is 4.57. The number of nitrogen functional groups attached to an aromatic ring is 1. The molecule has 0 bridgehead atoms. The summed E-state index contributed by atoms with van der Waals surface area (Å²) in [5.41, 5.74) is 6.47. The molecule has 0 heterocycles. The molecule has 1 aromatic carbocycles. The smallest absolute Gasteiger partial charge is 0.148 e. The quantitative estimate of drug-likeness (QED) is 0.686. The normalized spacial score (nSPS) is 16.7. The summed E-state index contributed by atoms with van der Waals surface area (Å²) in [6.45, 7) is 0. The van der Waals surface area contributed by atoms with Gasteiger partial charge < -0.3 is 11.1 Å². The van der Waals surface area contributed by atoms with Gasteiger partial charge in [-0.1, -0.05) is 0 Å². The van der Waals surface area contributed by atoms with Crippen LogP contribution in [0.1, 0.15) is 19.3 Å². The van der Waals surface area contributed by atoms with Crippen molar-refractivity contribution in [2.24, 2.45) is 0 Å². The Labute approximate surface area is 76.9 Å². The number of nitrogens with one attached hydrogen (secondary N) is 1. The summed E-state index contributed by atoms with van der Waals surface area (Å²) < 4.78 is 13.2. The Kier molecular flexibility index (Phi) is 2.08. The van der Waals surface area contributed by atoms with E-state index in [0.717, 1.165) is 12.8 Å². The van der Waals surface area contributed by atoms with Gasteiger partial charge in [0.1, 0.15) is 5.82 Å². The van der Waals surface area contributed by atoms with E-state index in [9.17, 15) is 4.39 Å². The van der Waals surface area contributed by atoms with Crippen LogP contribution in [-0.2, 0) is 0 Å². The van der Waals surface area contributed by atoms with E-state index in [0.29, 0.717) is 17.4 Å². The maximum Gasteiger partial charge on any atom is 0.148 e. The second kappa shape index (κ2) is 3.24. The summed E-state index contributed by atoms with van der Waals surface area (Å²) in [4.78, 5) is 0. The molecule has 0 radical (unpaired) electrons. The van der Waals surface area contributed by atoms with E-state index < -0.39 is 0 Å². The summed E-state index contributed by atoms with van der Waals surface area (Å²) in [7, 11) is 0. The van der Waals surface area contributed by atoms with Crippen LogP contribution in [0.5, 0.6) is 0 Å². The minimum Gasteiger partial charge on any atom is -0.399 e. The van der Waals surface area contributed by atoms with Crippen molar-refractivity contribution in [3.05, 3.63) is 24.0 Å². The van der Waals surface area contributed by atoms with Gasteiger partial charge in [0.05, 0.1) is 5.69 Å². The summed E-state index contributed by atoms with van der Waals surface area (Å²) in [5.74, 6) is -0.257. The van der Waals surface area contributed by atoms with Gasteiger partial charge >= 0.3 is 0 Å². The molecule has 70 valence electrons. The average Bonchev–Trinajstić information content (AvgIpc) is 1.99. The molecular weight excluding hydrogens is 167 g/mol. The van der Waals surface area contributed by atoms with Gasteiger partial charge in [0, 0.05) is 11.7 Å². The zero-order valence-electron chi connectivity index (χ0n) is 7.39. The lowest BCUT2D eigenvalue weighted by atomic mass is 9.93. The highest BCUT2D eigenvalue weighted by molar-refractivity contribution is 5.53. The molecule has 2 rings (SSSR count). The molecule has 0 saturated heterocycles. The van der Waals surface area contributed by atoms with Crippen LogP contribution >= 0.6 is 0 Å². The fourth-order valence-corrected chi connectivity index (χ4v) is 1.42. The predicted molar refractivity (Wildman–Crippen MR) is 52.1 cm³/mol. The topological polar surface area (TPSA) is 38.0 Å². The Hall–Kier alpha value is -1.25. The number of anilines is 2. The van der Waals surface area contributed by atoms with Crippen LogP contribution in [-0.4, -0.2) is 6.04 Å². The van der Waals surface area contributed by atoms with Gasteiger partial charge in [-0.05, 0) is 37.5 Å². The minimum atomic E-state index is -0.257. The van der Waals surface area contributed by atoms with E-state index in [2.05, 4.69) is 5.32 Å². The zero-order chi connectivity index (χ0) is 9.26. The fraction of sp³-hybridized carbons (Fsp3) is 0.400. The number of rotatable bonds is 2. The van der Waals surface area contributed by atoms with Gasteiger partial charge in [-0.15, -0.1) is 0 Å². The molecular formula is C10H13FN2. The van der Waals surface area contributed by atoms with Crippen LogP contribution in [0.2, 0.25) is 0 Å². The van der Waals surface area contributed by atoms with Crippen LogP contribution in [0.25, 0.3) is 0 Å². The fourth-order valence-electron chi connectivity index (χ4n) is 1.42. The molecule has 0 spiro atoms. The molecule has 1 saturated carbocycles. The summed E-state index contributed by atoms with van der Waals surface area (Å²) >= 11 is 0. The Morgan fingerprint density at radius 1 is 1.38 bits per heavy atom. The van der Waals surface area contributed by atoms with Crippen molar-refractivity contribution in [2.75, 3.05) is 11.1 Å². The van der Waals surface area contributed by atoms with Crippen molar-refractivity contribution in [2.45, 2.75) is 25.3 Å². The third-order valence-corrected chi connectivity index (χ3v) is 2.46. The van der Waals surface area contributed by atoms with Crippen LogP contribution < -0.4 is 11.1 Å². The van der Waals surface area contributed by atoms with Crippen LogP contribution in [0.4, 0.5) is 15.8 Å². The molecule has 0 aliphatic heterocycles. The lowest BCUT2D eigenvalue weighted by Gasteiger charge is -2.27. The molecule has 0 aromatic heterocycles. The van der Waals surface area contributed by atoms with Crippen molar-refractivity contribution in [3.63, 3.8) is 0 Å². The third-order valence-electron chi connectivity index (χ3n) is 2.46. The van der Waals surface area contributed by atoms with Gasteiger partial charge in [0.2, 0.25) is 0 Å². The Morgan fingerprint density at radius 2 is 2.15 bits per heavy atom. The molecule has 0 unspecified atom stereocenters. The van der Waals surface area contributed by atoms with E-state index in [1.807, 2.05) is 0 Å². The SMILES string of the molecule is Nc1ccc(NC2CCC2)c(F)c1. The standard InChI is InChI=1S/C10H13FN2/c11-9-6-7(12)4-5-10(9)13-8-2-1-3-8/h4-6,8,13H,1-3,12H2. The van der Waals surface area contributed by atoms with E-state index in [1.54, 1.807) is 12.1 Å². The largest absolute Gasteiger partial charge is 0.399 e. The molecule has 1 aliphatic carbocycles. The summed E-state index contributed by atoms with van der Waals surface area (Å²) in [5, 5.41) is 3.14. The highest BCUT2D eigenvalue weighted by Gasteiger charge is 2.17. The van der Waals surface area contributed by atoms with Crippen LogP contribution in [0.3, 0.4) is 0 Å². The number of halogens is 1. The highest BCUT2D eigenvalue weighted by atomic mass is 19.1. The lowest BCUT2D eigenvalue weighted by Crippen LogP contribution is -2.27. The number of hydrogen-bond donors (Lipinski definition) is 2. The van der Waals surface area contributed by atoms with Crippen molar-refractivity contribution >= 4 is 11.4 Å². The predicted octanol–water partition coefficient (Wildman–Crippen LogP) is 2.37. The van der Waals surface area contributed by atoms with Gasteiger partial charge in [0.15, 0.2) is 0 Å². The maximum absolute atomic E-state index is 13.2. The van der Waals surface area contributed by atoms with Crippen LogP contribution in [0, 0.1) is 5.82 Å². The summed E-state index contributed by atoms with van der Waals surface area (Å²) in [6, 6.07) is 5.21. The van der Waals surface area contributed by atoms with Crippen molar-refractivity contribution in [1.82, 2.24) is 0 Å². The van der Waals surface area contributed by atoms with Gasteiger partial charge in [0.25, 0.3) is 0 Å². The first-order valence-electron chi connectivity index (χ1n) is 4.57. The highest BCUT2D eigenvalue weighted by Crippen LogP contribution is 2.25. The maximum atomic E-state index is 13.2. The zero-order valence-corrected chi connectivity index (χ0v) is 7.39. The Morgan fingerprint density at radius 3 is 2.69 bits per heavy atom. The van der Waals surface area contributed by atoms with E-state index in [-0.39, 0.29) is 5.82 Å². The number of benzene rings is 1. The second-order valence-electron chi connectivity index (χ2n) is 3.51. The van der Waals surface area contributed by atoms with Gasteiger partial charge in [-0.3, -0.25) is 0 Å². The summed E-state index contributed by atoms with van der Waals surface area (Å²) in [6.07, 6.45) is 3.53. The molecule has 1 aromatic rings. The molecule has 0 atom stereocenters. The van der Waals surface area contributed by atoms with Crippen molar-refractivity contribution < 1.29 is 4.39 Å². The molecule has 0 amide bonds. The van der Waals surface area contributed by atoms with Gasteiger partial charge in [-0.2, -0.15) is 0 Å². The molecule has 1 fully saturated rings. The van der Waals surface area contributed by atoms with E-state index in [1.165, 1.54) is 12.5 Å². The third kappa shape index (κ3) is 1.74. The van der Waals surface area contributed by atoms with Crippen molar-refractivity contribution in [1.29, 1.82) is 0 Å². The second-order valence-corrected chi connectivity index (χ2v) is 3.51. The Balaban J connectivity index is 2.10. The molecule has 13 heavy (non-hydrogen) atoms. The number of nitrogens with two attached hydrogens (primary N) is 1. The first-order chi connectivity index (χ1) is 6.25.